The topological polar surface area (TPSA) is 72.5 Å². The van der Waals surface area contributed by atoms with Crippen molar-refractivity contribution in [3.05, 3.63) is 64.2 Å². The number of halogens is 1. The third-order valence-electron chi connectivity index (χ3n) is 2.85. The summed E-state index contributed by atoms with van der Waals surface area (Å²) in [6.45, 7) is 0.643. The highest BCUT2D eigenvalue weighted by molar-refractivity contribution is 6.32. The van der Waals surface area contributed by atoms with E-state index in [1.807, 2.05) is 12.1 Å². The second-order valence-electron chi connectivity index (χ2n) is 4.22. The van der Waals surface area contributed by atoms with Gasteiger partial charge in [0.25, 0.3) is 0 Å². The molecule has 0 saturated carbocycles. The molecule has 2 aromatic rings. The van der Waals surface area contributed by atoms with Crippen molar-refractivity contribution in [3.63, 3.8) is 0 Å². The zero-order valence-electron chi connectivity index (χ0n) is 10.7. The molecule has 0 radical (unpaired) electrons. The van der Waals surface area contributed by atoms with E-state index >= 15 is 0 Å². The summed E-state index contributed by atoms with van der Waals surface area (Å²) in [5.41, 5.74) is 7.57. The molecule has 0 unspecified atom stereocenters. The first-order chi connectivity index (χ1) is 9.61. The number of carboxylic acids is 1. The van der Waals surface area contributed by atoms with Crippen molar-refractivity contribution >= 4 is 17.6 Å². The van der Waals surface area contributed by atoms with Crippen LogP contribution >= 0.6 is 11.6 Å². The van der Waals surface area contributed by atoms with Crippen molar-refractivity contribution in [2.45, 2.75) is 13.2 Å². The number of benzene rings is 2. The number of nitrogens with two attached hydrogens (primary N) is 1. The quantitative estimate of drug-likeness (QED) is 0.888. The highest BCUT2D eigenvalue weighted by atomic mass is 35.5. The van der Waals surface area contributed by atoms with Crippen molar-refractivity contribution < 1.29 is 14.6 Å². The van der Waals surface area contributed by atoms with Crippen LogP contribution in [0.2, 0.25) is 5.02 Å². The van der Waals surface area contributed by atoms with Crippen molar-refractivity contribution in [2.75, 3.05) is 0 Å². The third-order valence-corrected chi connectivity index (χ3v) is 3.15. The number of aromatic carboxylic acids is 1. The molecule has 0 aliphatic carbocycles. The zero-order valence-corrected chi connectivity index (χ0v) is 11.4. The first kappa shape index (κ1) is 14.4. The van der Waals surface area contributed by atoms with E-state index < -0.39 is 5.97 Å². The normalized spacial score (nSPS) is 10.3. The molecular weight excluding hydrogens is 278 g/mol. The summed E-state index contributed by atoms with van der Waals surface area (Å²) in [5, 5.41) is 9.34. The monoisotopic (exact) mass is 291 g/mol. The van der Waals surface area contributed by atoms with Crippen LogP contribution in [0.25, 0.3) is 0 Å². The molecule has 0 atom stereocenters. The first-order valence-corrected chi connectivity index (χ1v) is 6.42. The Bertz CT molecular complexity index is 611. The zero-order chi connectivity index (χ0) is 14.5. The molecular formula is C15H14ClNO3. The van der Waals surface area contributed by atoms with E-state index in [1.165, 1.54) is 12.1 Å². The molecule has 0 spiro atoms. The van der Waals surface area contributed by atoms with Crippen LogP contribution in [-0.4, -0.2) is 11.1 Å². The van der Waals surface area contributed by atoms with E-state index in [0.29, 0.717) is 23.9 Å². The lowest BCUT2D eigenvalue weighted by molar-refractivity contribution is 0.0697. The Labute approximate surface area is 121 Å². The van der Waals surface area contributed by atoms with E-state index in [9.17, 15) is 4.79 Å². The van der Waals surface area contributed by atoms with Gasteiger partial charge in [-0.2, -0.15) is 0 Å². The van der Waals surface area contributed by atoms with Gasteiger partial charge in [-0.3, -0.25) is 0 Å². The molecule has 0 fully saturated rings. The molecule has 5 heteroatoms. The predicted octanol–water partition coefficient (Wildman–Crippen LogP) is 3.08. The van der Waals surface area contributed by atoms with Crippen molar-refractivity contribution in [2.24, 2.45) is 5.73 Å². The largest absolute Gasteiger partial charge is 0.487 e. The van der Waals surface area contributed by atoms with Crippen molar-refractivity contribution in [3.8, 4) is 5.75 Å². The Balaban J connectivity index is 2.11. The van der Waals surface area contributed by atoms with E-state index in [-0.39, 0.29) is 5.56 Å². The van der Waals surface area contributed by atoms with Crippen LogP contribution in [0, 0.1) is 0 Å². The van der Waals surface area contributed by atoms with Crippen LogP contribution in [0.3, 0.4) is 0 Å². The van der Waals surface area contributed by atoms with Gasteiger partial charge >= 0.3 is 5.97 Å². The summed E-state index contributed by atoms with van der Waals surface area (Å²) in [7, 11) is 0. The second-order valence-corrected chi connectivity index (χ2v) is 4.63. The predicted molar refractivity (Wildman–Crippen MR) is 77.1 cm³/mol. The summed E-state index contributed by atoms with van der Waals surface area (Å²) in [4.78, 5) is 10.8. The molecule has 0 bridgehead atoms. The summed E-state index contributed by atoms with van der Waals surface area (Å²) in [6, 6.07) is 11.9. The van der Waals surface area contributed by atoms with Crippen LogP contribution in [0.15, 0.2) is 42.5 Å². The average Bonchev–Trinajstić information content (AvgIpc) is 2.46. The minimum absolute atomic E-state index is 0.245. The minimum atomic E-state index is -0.950. The molecule has 0 saturated heterocycles. The summed E-state index contributed by atoms with van der Waals surface area (Å²) in [6.07, 6.45) is 0. The molecule has 3 N–H and O–H groups in total. The highest BCUT2D eigenvalue weighted by Crippen LogP contribution is 2.29. The molecule has 2 aromatic carbocycles. The molecule has 0 aliphatic heterocycles. The van der Waals surface area contributed by atoms with Gasteiger partial charge in [0.05, 0.1) is 10.6 Å². The highest BCUT2D eigenvalue weighted by Gasteiger charge is 2.08. The van der Waals surface area contributed by atoms with Crippen LogP contribution in [0.1, 0.15) is 21.5 Å². The number of ether oxygens (including phenoxy) is 1. The maximum absolute atomic E-state index is 10.8. The molecule has 20 heavy (non-hydrogen) atoms. The Morgan fingerprint density at radius 2 is 1.90 bits per heavy atom. The molecule has 104 valence electrons. The maximum Gasteiger partial charge on any atom is 0.335 e. The fraction of sp³-hybridized carbons (Fsp3) is 0.133. The SMILES string of the molecule is NCc1cccc(Cl)c1OCc1ccc(C(=O)O)cc1. The van der Waals surface area contributed by atoms with Crippen molar-refractivity contribution in [1.82, 2.24) is 0 Å². The minimum Gasteiger partial charge on any atom is -0.487 e. The van der Waals surface area contributed by atoms with Gasteiger partial charge in [0, 0.05) is 12.1 Å². The Kier molecular flexibility index (Phi) is 4.61. The Morgan fingerprint density at radius 3 is 2.50 bits per heavy atom. The molecule has 0 aliphatic rings. The first-order valence-electron chi connectivity index (χ1n) is 6.04. The van der Waals surface area contributed by atoms with Gasteiger partial charge in [0.1, 0.15) is 12.4 Å². The summed E-state index contributed by atoms with van der Waals surface area (Å²) < 4.78 is 5.69. The van der Waals surface area contributed by atoms with Crippen LogP contribution in [0.4, 0.5) is 0 Å². The van der Waals surface area contributed by atoms with Crippen molar-refractivity contribution in [1.29, 1.82) is 0 Å². The average molecular weight is 292 g/mol. The number of rotatable bonds is 5. The number of carbonyl (C=O) groups is 1. The lowest BCUT2D eigenvalue weighted by atomic mass is 10.1. The van der Waals surface area contributed by atoms with E-state index in [0.717, 1.165) is 11.1 Å². The number of hydrogen-bond acceptors (Lipinski definition) is 3. The van der Waals surface area contributed by atoms with Crippen LogP contribution < -0.4 is 10.5 Å². The van der Waals surface area contributed by atoms with Crippen LogP contribution in [-0.2, 0) is 13.2 Å². The Morgan fingerprint density at radius 1 is 1.20 bits per heavy atom. The van der Waals surface area contributed by atoms with Gasteiger partial charge in [-0.15, -0.1) is 0 Å². The molecule has 0 aromatic heterocycles. The van der Waals surface area contributed by atoms with E-state index in [1.54, 1.807) is 18.2 Å². The molecule has 4 nitrogen and oxygen atoms in total. The fourth-order valence-corrected chi connectivity index (χ4v) is 2.02. The summed E-state index contributed by atoms with van der Waals surface area (Å²) in [5.74, 6) is -0.382. The molecule has 0 amide bonds. The molecule has 2 rings (SSSR count). The number of hydrogen-bond donors (Lipinski definition) is 2. The van der Waals surface area contributed by atoms with Gasteiger partial charge < -0.3 is 15.6 Å². The van der Waals surface area contributed by atoms with Crippen LogP contribution in [0.5, 0.6) is 5.75 Å². The fourth-order valence-electron chi connectivity index (χ4n) is 1.77. The van der Waals surface area contributed by atoms with Gasteiger partial charge in [-0.1, -0.05) is 35.9 Å². The van der Waals surface area contributed by atoms with E-state index in [4.69, 9.17) is 27.2 Å². The lowest BCUT2D eigenvalue weighted by Crippen LogP contribution is -2.03. The standard InChI is InChI=1S/C15H14ClNO3/c16-13-3-1-2-12(8-17)14(13)20-9-10-4-6-11(7-5-10)15(18)19/h1-7H,8-9,17H2,(H,18,19). The lowest BCUT2D eigenvalue weighted by Gasteiger charge is -2.12. The van der Waals surface area contributed by atoms with Gasteiger partial charge in [-0.05, 0) is 23.8 Å². The third kappa shape index (κ3) is 3.29. The van der Waals surface area contributed by atoms with E-state index in [2.05, 4.69) is 0 Å². The summed E-state index contributed by atoms with van der Waals surface area (Å²) >= 11 is 6.08. The number of para-hydroxylation sites is 1. The molecule has 0 heterocycles. The van der Waals surface area contributed by atoms with Gasteiger partial charge in [0.15, 0.2) is 0 Å². The maximum atomic E-state index is 10.8. The number of carboxylic acid groups (broad SMARTS) is 1. The Hall–Kier alpha value is -2.04. The van der Waals surface area contributed by atoms with Gasteiger partial charge in [0.2, 0.25) is 0 Å². The second kappa shape index (κ2) is 6.41. The smallest absolute Gasteiger partial charge is 0.335 e. The van der Waals surface area contributed by atoms with Gasteiger partial charge in [-0.25, -0.2) is 4.79 Å².